The maximum absolute atomic E-state index is 12.8. The van der Waals surface area contributed by atoms with Gasteiger partial charge in [0.25, 0.3) is 5.92 Å². The van der Waals surface area contributed by atoms with Gasteiger partial charge in [0.15, 0.2) is 11.7 Å². The molecule has 3 rings (SSSR count). The number of nitrogens with two attached hydrogens (primary N) is 1. The van der Waals surface area contributed by atoms with Crippen molar-refractivity contribution >= 4 is 11.9 Å². The van der Waals surface area contributed by atoms with Crippen LogP contribution in [0.4, 0.5) is 20.7 Å². The second-order valence-corrected chi connectivity index (χ2v) is 4.70. The van der Waals surface area contributed by atoms with Gasteiger partial charge in [-0.3, -0.25) is 0 Å². The molecule has 0 bridgehead atoms. The molecule has 20 heavy (non-hydrogen) atoms. The number of alkyl halides is 2. The molecule has 1 aliphatic rings. The second kappa shape index (κ2) is 4.36. The van der Waals surface area contributed by atoms with Crippen LogP contribution >= 0.6 is 0 Å². The summed E-state index contributed by atoms with van der Waals surface area (Å²) < 4.78 is 30.6. The van der Waals surface area contributed by atoms with E-state index in [4.69, 9.17) is 10.2 Å². The zero-order valence-corrected chi connectivity index (χ0v) is 10.6. The summed E-state index contributed by atoms with van der Waals surface area (Å²) in [4.78, 5) is 16.0. The Morgan fingerprint density at radius 2 is 2.05 bits per heavy atom. The number of halogens is 2. The molecular formula is C11H12F2N6O. The molecular weight excluding hydrogens is 270 g/mol. The number of hydrogen-bond donors (Lipinski definition) is 2. The van der Waals surface area contributed by atoms with E-state index in [0.29, 0.717) is 11.6 Å². The Bertz CT molecular complexity index is 636. The fourth-order valence-corrected chi connectivity index (χ4v) is 1.98. The first kappa shape index (κ1) is 12.7. The van der Waals surface area contributed by atoms with Crippen LogP contribution in [-0.4, -0.2) is 31.9 Å². The number of nitrogen functional groups attached to an aromatic ring is 1. The Balaban J connectivity index is 1.80. The summed E-state index contributed by atoms with van der Waals surface area (Å²) in [7, 11) is 0. The van der Waals surface area contributed by atoms with Crippen LogP contribution < -0.4 is 11.1 Å². The molecule has 1 saturated carbocycles. The van der Waals surface area contributed by atoms with Gasteiger partial charge in [0.05, 0.1) is 0 Å². The molecule has 2 aromatic heterocycles. The van der Waals surface area contributed by atoms with E-state index in [1.165, 1.54) is 6.26 Å². The molecule has 0 radical (unpaired) electrons. The molecule has 1 aliphatic carbocycles. The van der Waals surface area contributed by atoms with Crippen LogP contribution in [0, 0.1) is 6.92 Å². The van der Waals surface area contributed by atoms with Gasteiger partial charge in [-0.15, -0.1) is 0 Å². The Hall–Kier alpha value is -2.32. The molecule has 0 saturated heterocycles. The van der Waals surface area contributed by atoms with Crippen molar-refractivity contribution in [3.8, 4) is 11.5 Å². The Morgan fingerprint density at radius 1 is 1.30 bits per heavy atom. The van der Waals surface area contributed by atoms with Crippen molar-refractivity contribution in [1.82, 2.24) is 19.9 Å². The van der Waals surface area contributed by atoms with Crippen LogP contribution in [0.5, 0.6) is 0 Å². The highest BCUT2D eigenvalue weighted by Gasteiger charge is 2.45. The number of aromatic nitrogens is 4. The molecule has 0 amide bonds. The minimum absolute atomic E-state index is 0.00997. The molecule has 2 heterocycles. The van der Waals surface area contributed by atoms with Crippen molar-refractivity contribution in [1.29, 1.82) is 0 Å². The summed E-state index contributed by atoms with van der Waals surface area (Å²) in [5, 5.41) is 2.81. The molecule has 0 atom stereocenters. The summed E-state index contributed by atoms with van der Waals surface area (Å²) in [5.74, 6) is -1.75. The van der Waals surface area contributed by atoms with E-state index in [0.717, 1.165) is 0 Å². The average Bonchev–Trinajstić information content (AvgIpc) is 2.73. The SMILES string of the molecule is Cc1nc(-c2nc(N)nc(NC3CC(F)(F)C3)n2)co1. The number of aryl methyl sites for hydroxylation is 1. The largest absolute Gasteiger partial charge is 0.449 e. The zero-order valence-electron chi connectivity index (χ0n) is 10.6. The van der Waals surface area contributed by atoms with Gasteiger partial charge in [0.1, 0.15) is 12.0 Å². The molecule has 9 heteroatoms. The Morgan fingerprint density at radius 3 is 2.65 bits per heavy atom. The zero-order chi connectivity index (χ0) is 14.3. The lowest BCUT2D eigenvalue weighted by Crippen LogP contribution is -2.44. The van der Waals surface area contributed by atoms with E-state index in [-0.39, 0.29) is 36.6 Å². The summed E-state index contributed by atoms with van der Waals surface area (Å²) in [5.41, 5.74) is 6.00. The highest BCUT2D eigenvalue weighted by Crippen LogP contribution is 2.38. The number of oxazole rings is 1. The van der Waals surface area contributed by atoms with Gasteiger partial charge in [-0.05, 0) is 0 Å². The van der Waals surface area contributed by atoms with E-state index in [1.54, 1.807) is 6.92 Å². The van der Waals surface area contributed by atoms with Crippen LogP contribution in [0.2, 0.25) is 0 Å². The minimum atomic E-state index is -2.61. The molecule has 3 N–H and O–H groups in total. The second-order valence-electron chi connectivity index (χ2n) is 4.70. The first-order chi connectivity index (χ1) is 9.41. The molecule has 1 fully saturated rings. The van der Waals surface area contributed by atoms with Crippen molar-refractivity contribution < 1.29 is 13.2 Å². The number of nitrogens with zero attached hydrogens (tertiary/aromatic N) is 4. The lowest BCUT2D eigenvalue weighted by Gasteiger charge is -2.35. The molecule has 0 aliphatic heterocycles. The summed E-state index contributed by atoms with van der Waals surface area (Å²) in [6, 6.07) is -0.362. The van der Waals surface area contributed by atoms with Crippen LogP contribution in [0.25, 0.3) is 11.5 Å². The number of nitrogens with one attached hydrogen (secondary N) is 1. The topological polar surface area (TPSA) is 103 Å². The van der Waals surface area contributed by atoms with Crippen molar-refractivity contribution in [2.75, 3.05) is 11.1 Å². The molecule has 0 aromatic carbocycles. The molecule has 0 spiro atoms. The van der Waals surface area contributed by atoms with Gasteiger partial charge in [0, 0.05) is 25.8 Å². The third kappa shape index (κ3) is 2.51. The number of rotatable bonds is 3. The normalized spacial score (nSPS) is 17.8. The highest BCUT2D eigenvalue weighted by molar-refractivity contribution is 5.51. The average molecular weight is 282 g/mol. The molecule has 2 aromatic rings. The van der Waals surface area contributed by atoms with Crippen molar-refractivity contribution in [3.63, 3.8) is 0 Å². The van der Waals surface area contributed by atoms with Gasteiger partial charge in [-0.25, -0.2) is 13.8 Å². The smallest absolute Gasteiger partial charge is 0.252 e. The van der Waals surface area contributed by atoms with Crippen LogP contribution in [0.3, 0.4) is 0 Å². The first-order valence-corrected chi connectivity index (χ1v) is 6.00. The van der Waals surface area contributed by atoms with E-state index < -0.39 is 5.92 Å². The van der Waals surface area contributed by atoms with Gasteiger partial charge < -0.3 is 15.5 Å². The van der Waals surface area contributed by atoms with Crippen LogP contribution in [0.15, 0.2) is 10.7 Å². The molecule has 0 unspecified atom stereocenters. The fraction of sp³-hybridized carbons (Fsp3) is 0.455. The van der Waals surface area contributed by atoms with Crippen molar-refractivity contribution in [3.05, 3.63) is 12.2 Å². The molecule has 106 valence electrons. The number of hydrogen-bond acceptors (Lipinski definition) is 7. The summed E-state index contributed by atoms with van der Waals surface area (Å²) >= 11 is 0. The van der Waals surface area contributed by atoms with Gasteiger partial charge in [-0.2, -0.15) is 15.0 Å². The minimum Gasteiger partial charge on any atom is -0.449 e. The maximum atomic E-state index is 12.8. The third-order valence-corrected chi connectivity index (χ3v) is 2.92. The van der Waals surface area contributed by atoms with Crippen LogP contribution in [-0.2, 0) is 0 Å². The van der Waals surface area contributed by atoms with Gasteiger partial charge >= 0.3 is 0 Å². The van der Waals surface area contributed by atoms with Gasteiger partial charge in [-0.1, -0.05) is 0 Å². The third-order valence-electron chi connectivity index (χ3n) is 2.92. The van der Waals surface area contributed by atoms with E-state index in [9.17, 15) is 8.78 Å². The van der Waals surface area contributed by atoms with E-state index in [2.05, 4.69) is 25.3 Å². The summed E-state index contributed by atoms with van der Waals surface area (Å²) in [6.45, 7) is 1.68. The lowest BCUT2D eigenvalue weighted by atomic mass is 9.88. The van der Waals surface area contributed by atoms with Gasteiger partial charge in [0.2, 0.25) is 11.9 Å². The lowest BCUT2D eigenvalue weighted by molar-refractivity contribution is -0.0794. The first-order valence-electron chi connectivity index (χ1n) is 6.00. The quantitative estimate of drug-likeness (QED) is 0.881. The van der Waals surface area contributed by atoms with E-state index >= 15 is 0 Å². The standard InChI is InChI=1S/C11H12F2N6O/c1-5-15-7(4-20-5)8-17-9(14)19-10(18-8)16-6-2-11(12,13)3-6/h4,6H,2-3H2,1H3,(H3,14,16,17,18,19). The summed E-state index contributed by atoms with van der Waals surface area (Å²) in [6.07, 6.45) is 0.916. The maximum Gasteiger partial charge on any atom is 0.252 e. The molecule has 7 nitrogen and oxygen atoms in total. The highest BCUT2D eigenvalue weighted by atomic mass is 19.3. The van der Waals surface area contributed by atoms with Crippen LogP contribution in [0.1, 0.15) is 18.7 Å². The Kier molecular flexibility index (Phi) is 2.77. The monoisotopic (exact) mass is 282 g/mol. The van der Waals surface area contributed by atoms with Crippen molar-refractivity contribution in [2.45, 2.75) is 31.7 Å². The Labute approximate surface area is 112 Å². The number of anilines is 2. The predicted octanol–water partition coefficient (Wildman–Crippen LogP) is 1.63. The predicted molar refractivity (Wildman–Crippen MR) is 66.1 cm³/mol. The van der Waals surface area contributed by atoms with E-state index in [1.807, 2.05) is 0 Å². The van der Waals surface area contributed by atoms with Crippen molar-refractivity contribution in [2.24, 2.45) is 0 Å². The fourth-order valence-electron chi connectivity index (χ4n) is 1.98.